The quantitative estimate of drug-likeness (QED) is 0.773. The molecule has 1 aliphatic rings. The smallest absolute Gasteiger partial charge is 0.231 e. The van der Waals surface area contributed by atoms with Gasteiger partial charge in [0.05, 0.1) is 18.4 Å². The number of amides is 1. The number of carbonyl (C=O) groups excluding carboxylic acids is 1. The number of hydrogen-bond acceptors (Lipinski definition) is 5. The fraction of sp³-hybridized carbons (Fsp3) is 0.412. The lowest BCUT2D eigenvalue weighted by atomic mass is 9.64. The summed E-state index contributed by atoms with van der Waals surface area (Å²) in [6.07, 6.45) is 4.56. The van der Waals surface area contributed by atoms with Gasteiger partial charge in [0.25, 0.3) is 0 Å². The monoisotopic (exact) mass is 379 g/mol. The van der Waals surface area contributed by atoms with E-state index in [0.29, 0.717) is 12.2 Å². The van der Waals surface area contributed by atoms with E-state index in [1.165, 1.54) is 23.3 Å². The van der Waals surface area contributed by atoms with Crippen LogP contribution in [0.15, 0.2) is 35.7 Å². The summed E-state index contributed by atoms with van der Waals surface area (Å²) in [5.41, 5.74) is 1.88. The summed E-state index contributed by atoms with van der Waals surface area (Å²) < 4.78 is 24.7. The van der Waals surface area contributed by atoms with Crippen LogP contribution in [-0.2, 0) is 26.7 Å². The van der Waals surface area contributed by atoms with Crippen molar-refractivity contribution < 1.29 is 13.2 Å². The molecular weight excluding hydrogens is 358 g/mol. The molecule has 0 spiro atoms. The first-order chi connectivity index (χ1) is 11.9. The van der Waals surface area contributed by atoms with Crippen LogP contribution in [-0.4, -0.2) is 32.1 Å². The van der Waals surface area contributed by atoms with E-state index in [1.807, 2.05) is 18.2 Å². The zero-order valence-electron chi connectivity index (χ0n) is 14.0. The van der Waals surface area contributed by atoms with Gasteiger partial charge in [-0.25, -0.2) is 13.4 Å². The summed E-state index contributed by atoms with van der Waals surface area (Å²) >= 11 is 1.17. The first-order valence-corrected chi connectivity index (χ1v) is 10.9. The molecule has 0 bridgehead atoms. The number of anilines is 1. The van der Waals surface area contributed by atoms with E-state index in [0.717, 1.165) is 19.1 Å². The first-order valence-electron chi connectivity index (χ1n) is 8.11. The molecule has 25 heavy (non-hydrogen) atoms. The van der Waals surface area contributed by atoms with Crippen molar-refractivity contribution in [1.82, 2.24) is 10.3 Å². The fourth-order valence-electron chi connectivity index (χ4n) is 3.05. The van der Waals surface area contributed by atoms with E-state index in [4.69, 9.17) is 0 Å². The zero-order valence-corrected chi connectivity index (χ0v) is 15.6. The Morgan fingerprint density at radius 2 is 2.00 bits per heavy atom. The minimum Gasteiger partial charge on any atom is -0.355 e. The number of hydrogen-bond donors (Lipinski definition) is 2. The third-order valence-corrected chi connectivity index (χ3v) is 5.99. The standard InChI is InChI=1S/C17H21N3O3S2/c1-25(22,23)20-16-19-14(11-24-16)10-15(21)18-12-17(8-5-9-17)13-6-3-2-4-7-13/h2-4,6-7,11H,5,8-10,12H2,1H3,(H,18,21)(H,19,20). The Hall–Kier alpha value is -1.93. The van der Waals surface area contributed by atoms with Gasteiger partial charge in [-0.1, -0.05) is 36.8 Å². The molecule has 2 aromatic rings. The summed E-state index contributed by atoms with van der Waals surface area (Å²) in [6.45, 7) is 0.619. The minimum absolute atomic E-state index is 0.0437. The lowest BCUT2D eigenvalue weighted by molar-refractivity contribution is -0.120. The molecule has 0 atom stereocenters. The number of carbonyl (C=O) groups is 1. The Balaban J connectivity index is 1.56. The van der Waals surface area contributed by atoms with Gasteiger partial charge in [0, 0.05) is 17.3 Å². The molecule has 6 nitrogen and oxygen atoms in total. The molecule has 1 amide bonds. The van der Waals surface area contributed by atoms with Gasteiger partial charge in [0.2, 0.25) is 15.9 Å². The normalized spacial score (nSPS) is 16.0. The van der Waals surface area contributed by atoms with Crippen LogP contribution < -0.4 is 10.0 Å². The molecule has 1 fully saturated rings. The number of nitrogens with zero attached hydrogens (tertiary/aromatic N) is 1. The van der Waals surface area contributed by atoms with Crippen LogP contribution in [0.1, 0.15) is 30.5 Å². The SMILES string of the molecule is CS(=O)(=O)Nc1nc(CC(=O)NCC2(c3ccccc3)CCC2)cs1. The van der Waals surface area contributed by atoms with Crippen molar-refractivity contribution in [3.63, 3.8) is 0 Å². The average Bonchev–Trinajstić information content (AvgIpc) is 2.92. The Labute approximate surface area is 151 Å². The van der Waals surface area contributed by atoms with Crippen molar-refractivity contribution in [2.45, 2.75) is 31.1 Å². The van der Waals surface area contributed by atoms with Crippen LogP contribution in [0.2, 0.25) is 0 Å². The molecular formula is C17H21N3O3S2. The second kappa shape index (κ2) is 7.13. The molecule has 0 aliphatic heterocycles. The number of aromatic nitrogens is 1. The second-order valence-corrected chi connectivity index (χ2v) is 9.08. The maximum atomic E-state index is 12.2. The van der Waals surface area contributed by atoms with Gasteiger partial charge in [-0.2, -0.15) is 0 Å². The van der Waals surface area contributed by atoms with E-state index >= 15 is 0 Å². The Kier molecular flexibility index (Phi) is 5.10. The molecule has 1 aliphatic carbocycles. The summed E-state index contributed by atoms with van der Waals surface area (Å²) in [5, 5.41) is 5.00. The maximum Gasteiger partial charge on any atom is 0.231 e. The minimum atomic E-state index is -3.35. The van der Waals surface area contributed by atoms with Gasteiger partial charge in [-0.3, -0.25) is 9.52 Å². The Bertz CT molecular complexity index is 843. The van der Waals surface area contributed by atoms with E-state index in [1.54, 1.807) is 5.38 Å². The highest BCUT2D eigenvalue weighted by atomic mass is 32.2. The average molecular weight is 380 g/mol. The summed E-state index contributed by atoms with van der Waals surface area (Å²) in [4.78, 5) is 16.4. The number of nitrogens with one attached hydrogen (secondary N) is 2. The van der Waals surface area contributed by atoms with Crippen LogP contribution in [0.3, 0.4) is 0 Å². The third kappa shape index (κ3) is 4.58. The van der Waals surface area contributed by atoms with Crippen LogP contribution in [0.25, 0.3) is 0 Å². The van der Waals surface area contributed by atoms with Crippen molar-refractivity contribution in [3.05, 3.63) is 47.0 Å². The maximum absolute atomic E-state index is 12.2. The number of sulfonamides is 1. The molecule has 1 heterocycles. The van der Waals surface area contributed by atoms with Crippen molar-refractivity contribution in [3.8, 4) is 0 Å². The highest BCUT2D eigenvalue weighted by Gasteiger charge is 2.38. The lowest BCUT2D eigenvalue weighted by Crippen LogP contribution is -2.45. The summed E-state index contributed by atoms with van der Waals surface area (Å²) in [6, 6.07) is 10.3. The van der Waals surface area contributed by atoms with Crippen molar-refractivity contribution >= 4 is 32.4 Å². The zero-order chi connectivity index (χ0) is 17.9. The topological polar surface area (TPSA) is 88.2 Å². The van der Waals surface area contributed by atoms with Gasteiger partial charge in [0.1, 0.15) is 0 Å². The largest absolute Gasteiger partial charge is 0.355 e. The van der Waals surface area contributed by atoms with E-state index in [2.05, 4.69) is 27.2 Å². The van der Waals surface area contributed by atoms with E-state index in [9.17, 15) is 13.2 Å². The Morgan fingerprint density at radius 3 is 2.60 bits per heavy atom. The highest BCUT2D eigenvalue weighted by molar-refractivity contribution is 7.92. The van der Waals surface area contributed by atoms with Gasteiger partial charge >= 0.3 is 0 Å². The molecule has 1 saturated carbocycles. The highest BCUT2D eigenvalue weighted by Crippen LogP contribution is 2.43. The fourth-order valence-corrected chi connectivity index (χ4v) is 4.61. The van der Waals surface area contributed by atoms with Crippen LogP contribution in [0.4, 0.5) is 5.13 Å². The summed E-state index contributed by atoms with van der Waals surface area (Å²) in [5.74, 6) is -0.0987. The molecule has 0 unspecified atom stereocenters. The Morgan fingerprint density at radius 1 is 1.28 bits per heavy atom. The van der Waals surface area contributed by atoms with Crippen molar-refractivity contribution in [1.29, 1.82) is 0 Å². The molecule has 2 N–H and O–H groups in total. The van der Waals surface area contributed by atoms with Crippen molar-refractivity contribution in [2.75, 3.05) is 17.5 Å². The predicted molar refractivity (Wildman–Crippen MR) is 99.3 cm³/mol. The molecule has 1 aromatic heterocycles. The molecule has 1 aromatic carbocycles. The lowest BCUT2D eigenvalue weighted by Gasteiger charge is -2.42. The molecule has 3 rings (SSSR count). The third-order valence-electron chi connectivity index (χ3n) is 4.49. The molecule has 8 heteroatoms. The van der Waals surface area contributed by atoms with Crippen molar-refractivity contribution in [2.24, 2.45) is 0 Å². The molecule has 0 radical (unpaired) electrons. The van der Waals surface area contributed by atoms with E-state index in [-0.39, 0.29) is 22.9 Å². The van der Waals surface area contributed by atoms with Gasteiger partial charge in [0.15, 0.2) is 5.13 Å². The van der Waals surface area contributed by atoms with Crippen LogP contribution in [0, 0.1) is 0 Å². The first kappa shape index (κ1) is 17.9. The summed E-state index contributed by atoms with van der Waals surface area (Å²) in [7, 11) is -3.35. The second-order valence-electron chi connectivity index (χ2n) is 6.47. The molecule has 0 saturated heterocycles. The number of rotatable bonds is 7. The predicted octanol–water partition coefficient (Wildman–Crippen LogP) is 2.30. The van der Waals surface area contributed by atoms with Gasteiger partial charge in [-0.05, 0) is 18.4 Å². The van der Waals surface area contributed by atoms with Crippen LogP contribution >= 0.6 is 11.3 Å². The van der Waals surface area contributed by atoms with E-state index < -0.39 is 10.0 Å². The van der Waals surface area contributed by atoms with Gasteiger partial charge < -0.3 is 5.32 Å². The van der Waals surface area contributed by atoms with Gasteiger partial charge in [-0.15, -0.1) is 11.3 Å². The number of benzene rings is 1. The van der Waals surface area contributed by atoms with Crippen LogP contribution in [0.5, 0.6) is 0 Å². The molecule has 134 valence electrons. The number of thiazole rings is 1.